The van der Waals surface area contributed by atoms with Crippen LogP contribution in [0.15, 0.2) is 0 Å². The van der Waals surface area contributed by atoms with Gasteiger partial charge >= 0.3 is 6.04 Å². The van der Waals surface area contributed by atoms with Crippen molar-refractivity contribution in [3.8, 4) is 6.07 Å². The fourth-order valence-electron chi connectivity index (χ4n) is 1.29. The fourth-order valence-corrected chi connectivity index (χ4v) is 1.29. The molecule has 0 amide bonds. The topological polar surface area (TPSA) is 106 Å². The highest BCUT2D eigenvalue weighted by Gasteiger charge is 2.30. The number of nitrogens with one attached hydrogen (secondary N) is 2. The Kier molecular flexibility index (Phi) is 3.36. The van der Waals surface area contributed by atoms with Gasteiger partial charge in [-0.3, -0.25) is 15.5 Å². The summed E-state index contributed by atoms with van der Waals surface area (Å²) in [6.45, 7) is 2.48. The molecule has 1 fully saturated rings. The second-order valence-corrected chi connectivity index (χ2v) is 2.94. The maximum absolute atomic E-state index is 10.4. The molecule has 1 aliphatic rings. The van der Waals surface area contributed by atoms with E-state index in [-0.39, 0.29) is 5.84 Å². The molecule has 0 aliphatic carbocycles. The van der Waals surface area contributed by atoms with Gasteiger partial charge in [0.2, 0.25) is 0 Å². The molecule has 1 rings (SSSR count). The Labute approximate surface area is 81.0 Å². The maximum Gasteiger partial charge on any atom is 0.352 e. The van der Waals surface area contributed by atoms with Crippen LogP contribution in [0.1, 0.15) is 0 Å². The largest absolute Gasteiger partial charge is 0.352 e. The van der Waals surface area contributed by atoms with Gasteiger partial charge in [-0.05, 0) is 0 Å². The van der Waals surface area contributed by atoms with Gasteiger partial charge in [-0.25, -0.2) is 0 Å². The molecule has 1 unspecified atom stereocenters. The Balaban J connectivity index is 2.62. The molecule has 0 aromatic carbocycles. The Morgan fingerprint density at radius 3 is 2.64 bits per heavy atom. The predicted molar refractivity (Wildman–Crippen MR) is 48.6 cm³/mol. The van der Waals surface area contributed by atoms with Crippen LogP contribution < -0.4 is 5.32 Å². The van der Waals surface area contributed by atoms with Crippen LogP contribution in [0.5, 0.6) is 0 Å². The Morgan fingerprint density at radius 2 is 2.21 bits per heavy atom. The number of nitro groups is 1. The van der Waals surface area contributed by atoms with Gasteiger partial charge in [0.15, 0.2) is 11.9 Å². The summed E-state index contributed by atoms with van der Waals surface area (Å²) in [5, 5.41) is 29.5. The van der Waals surface area contributed by atoms with Gasteiger partial charge in [0.1, 0.15) is 0 Å². The lowest BCUT2D eigenvalue weighted by Crippen LogP contribution is -2.50. The molecule has 2 N–H and O–H groups in total. The van der Waals surface area contributed by atoms with Gasteiger partial charge in [-0.2, -0.15) is 5.26 Å². The molecular formula is C7H11N5O2. The van der Waals surface area contributed by atoms with Crippen molar-refractivity contribution < 1.29 is 4.92 Å². The van der Waals surface area contributed by atoms with E-state index in [4.69, 9.17) is 10.7 Å². The summed E-state index contributed by atoms with van der Waals surface area (Å²) < 4.78 is 0. The highest BCUT2D eigenvalue weighted by molar-refractivity contribution is 5.86. The third kappa shape index (κ3) is 2.17. The lowest BCUT2D eigenvalue weighted by molar-refractivity contribution is -0.489. The highest BCUT2D eigenvalue weighted by Crippen LogP contribution is 2.00. The molecule has 1 heterocycles. The van der Waals surface area contributed by atoms with Crippen molar-refractivity contribution in [2.45, 2.75) is 6.04 Å². The van der Waals surface area contributed by atoms with E-state index in [2.05, 4.69) is 5.32 Å². The van der Waals surface area contributed by atoms with Gasteiger partial charge in [0.05, 0.1) is 0 Å². The maximum atomic E-state index is 10.4. The lowest BCUT2D eigenvalue weighted by Gasteiger charge is -2.28. The van der Waals surface area contributed by atoms with Crippen molar-refractivity contribution in [3.63, 3.8) is 0 Å². The molecule has 1 saturated heterocycles. The molecule has 7 heteroatoms. The number of amidine groups is 1. The average Bonchev–Trinajstić information content (AvgIpc) is 2.19. The minimum absolute atomic E-state index is 0.209. The number of hydrogen-bond acceptors (Lipinski definition) is 5. The first-order valence-corrected chi connectivity index (χ1v) is 4.24. The minimum atomic E-state index is -1.53. The third-order valence-electron chi connectivity index (χ3n) is 2.05. The van der Waals surface area contributed by atoms with E-state index < -0.39 is 11.0 Å². The zero-order valence-corrected chi connectivity index (χ0v) is 7.56. The standard InChI is InChI=1S/C7H11N5O2/c8-5-6(12(13)14)7(9)11-3-1-10-2-4-11/h6,9-10H,1-4H2. The summed E-state index contributed by atoms with van der Waals surface area (Å²) in [5.74, 6) is -0.209. The number of nitriles is 1. The van der Waals surface area contributed by atoms with E-state index >= 15 is 0 Å². The number of piperazine rings is 1. The van der Waals surface area contributed by atoms with Crippen molar-refractivity contribution in [2.24, 2.45) is 0 Å². The summed E-state index contributed by atoms with van der Waals surface area (Å²) in [7, 11) is 0. The quantitative estimate of drug-likeness (QED) is 0.256. The normalized spacial score (nSPS) is 18.4. The molecule has 76 valence electrons. The summed E-state index contributed by atoms with van der Waals surface area (Å²) >= 11 is 0. The molecule has 0 saturated carbocycles. The Morgan fingerprint density at radius 1 is 1.64 bits per heavy atom. The monoisotopic (exact) mass is 197 g/mol. The van der Waals surface area contributed by atoms with Gasteiger partial charge in [0.25, 0.3) is 0 Å². The van der Waals surface area contributed by atoms with E-state index in [0.29, 0.717) is 26.2 Å². The first-order valence-electron chi connectivity index (χ1n) is 4.24. The van der Waals surface area contributed by atoms with Crippen LogP contribution in [0.2, 0.25) is 0 Å². The van der Waals surface area contributed by atoms with Gasteiger partial charge in [-0.15, -0.1) is 0 Å². The van der Waals surface area contributed by atoms with E-state index in [1.807, 2.05) is 0 Å². The lowest BCUT2D eigenvalue weighted by atomic mass is 10.2. The van der Waals surface area contributed by atoms with Crippen molar-refractivity contribution in [1.29, 1.82) is 10.7 Å². The molecule has 0 radical (unpaired) electrons. The van der Waals surface area contributed by atoms with Crippen LogP contribution in [0.4, 0.5) is 0 Å². The van der Waals surface area contributed by atoms with Crippen LogP contribution in [-0.2, 0) is 0 Å². The van der Waals surface area contributed by atoms with E-state index in [0.717, 1.165) is 0 Å². The van der Waals surface area contributed by atoms with Crippen LogP contribution in [0.25, 0.3) is 0 Å². The number of rotatable bonds is 2. The highest BCUT2D eigenvalue weighted by atomic mass is 16.6. The van der Waals surface area contributed by atoms with Crippen LogP contribution >= 0.6 is 0 Å². The summed E-state index contributed by atoms with van der Waals surface area (Å²) in [4.78, 5) is 11.2. The van der Waals surface area contributed by atoms with Crippen LogP contribution in [-0.4, -0.2) is 47.9 Å². The van der Waals surface area contributed by atoms with E-state index in [1.165, 1.54) is 6.07 Å². The summed E-state index contributed by atoms with van der Waals surface area (Å²) in [5.41, 5.74) is 0. The number of nitrogens with zero attached hydrogens (tertiary/aromatic N) is 3. The predicted octanol–water partition coefficient (Wildman–Crippen LogP) is -0.962. The first-order chi connectivity index (χ1) is 6.66. The van der Waals surface area contributed by atoms with Crippen molar-refractivity contribution >= 4 is 5.84 Å². The Bertz CT molecular complexity index is 278. The van der Waals surface area contributed by atoms with Gasteiger partial charge < -0.3 is 10.2 Å². The minimum Gasteiger partial charge on any atom is -0.351 e. The molecule has 0 bridgehead atoms. The fraction of sp³-hybridized carbons (Fsp3) is 0.714. The first kappa shape index (κ1) is 10.4. The van der Waals surface area contributed by atoms with Gasteiger partial charge in [0, 0.05) is 31.1 Å². The molecular weight excluding hydrogens is 186 g/mol. The molecule has 0 spiro atoms. The molecule has 7 nitrogen and oxygen atoms in total. The molecule has 0 aromatic rings. The van der Waals surface area contributed by atoms with Crippen molar-refractivity contribution in [1.82, 2.24) is 10.2 Å². The average molecular weight is 197 g/mol. The summed E-state index contributed by atoms with van der Waals surface area (Å²) in [6, 6.07) is -0.0213. The van der Waals surface area contributed by atoms with Crippen LogP contribution in [0.3, 0.4) is 0 Å². The van der Waals surface area contributed by atoms with Crippen molar-refractivity contribution in [3.05, 3.63) is 10.1 Å². The second kappa shape index (κ2) is 4.53. The Hall–Kier alpha value is -1.68. The summed E-state index contributed by atoms with van der Waals surface area (Å²) in [6.07, 6.45) is 0. The van der Waals surface area contributed by atoms with Crippen LogP contribution in [0, 0.1) is 26.9 Å². The van der Waals surface area contributed by atoms with E-state index in [9.17, 15) is 10.1 Å². The molecule has 1 atom stereocenters. The molecule has 14 heavy (non-hydrogen) atoms. The van der Waals surface area contributed by atoms with Crippen molar-refractivity contribution in [2.75, 3.05) is 26.2 Å². The van der Waals surface area contributed by atoms with E-state index in [1.54, 1.807) is 4.90 Å². The molecule has 0 aromatic heterocycles. The van der Waals surface area contributed by atoms with Gasteiger partial charge in [-0.1, -0.05) is 0 Å². The number of hydrogen-bond donors (Lipinski definition) is 2. The SMILES string of the molecule is N#CC(C(=N)N1CCNCC1)[N+](=O)[O-]. The third-order valence-corrected chi connectivity index (χ3v) is 2.05. The molecule has 1 aliphatic heterocycles. The second-order valence-electron chi connectivity index (χ2n) is 2.94. The zero-order chi connectivity index (χ0) is 10.6. The zero-order valence-electron chi connectivity index (χ0n) is 7.56. The smallest absolute Gasteiger partial charge is 0.351 e.